The summed E-state index contributed by atoms with van der Waals surface area (Å²) < 4.78 is 6.50. The number of rotatable bonds is 3. The molecule has 1 aromatic carbocycles. The number of methoxy groups -OCH3 is 1. The third-order valence-electron chi connectivity index (χ3n) is 3.20. The predicted octanol–water partition coefficient (Wildman–Crippen LogP) is 3.82. The average Bonchev–Trinajstić information content (AvgIpc) is 2.30. The van der Waals surface area contributed by atoms with Crippen LogP contribution in [0.25, 0.3) is 0 Å². The maximum absolute atomic E-state index is 5.37. The zero-order valence-corrected chi connectivity index (χ0v) is 11.2. The van der Waals surface area contributed by atoms with Gasteiger partial charge in [0.2, 0.25) is 0 Å². The van der Waals surface area contributed by atoms with Gasteiger partial charge in [-0.1, -0.05) is 22.0 Å². The number of halogens is 1. The predicted molar refractivity (Wildman–Crippen MR) is 70.8 cm³/mol. The lowest BCUT2D eigenvalue weighted by molar-refractivity contribution is 0.0682. The minimum atomic E-state index is 0.473. The normalized spacial score (nSPS) is 25.4. The molecule has 1 aliphatic rings. The smallest absolute Gasteiger partial charge is 0.0572 e. The Morgan fingerprint density at radius 3 is 2.62 bits per heavy atom. The van der Waals surface area contributed by atoms with Crippen molar-refractivity contribution >= 4 is 21.6 Å². The van der Waals surface area contributed by atoms with E-state index >= 15 is 0 Å². The van der Waals surface area contributed by atoms with Gasteiger partial charge in [0.1, 0.15) is 0 Å². The fraction of sp³-hybridized carbons (Fsp3) is 0.538. The molecule has 88 valence electrons. The van der Waals surface area contributed by atoms with E-state index in [1.165, 1.54) is 31.4 Å². The van der Waals surface area contributed by atoms with Crippen molar-refractivity contribution in [2.75, 3.05) is 12.4 Å². The van der Waals surface area contributed by atoms with Crippen LogP contribution in [0.5, 0.6) is 0 Å². The van der Waals surface area contributed by atoms with Crippen LogP contribution in [0.3, 0.4) is 0 Å². The summed E-state index contributed by atoms with van der Waals surface area (Å²) in [5.41, 5.74) is 1.20. The van der Waals surface area contributed by atoms with Crippen LogP contribution in [0, 0.1) is 0 Å². The van der Waals surface area contributed by atoms with Crippen LogP contribution in [0.2, 0.25) is 0 Å². The van der Waals surface area contributed by atoms with Gasteiger partial charge in [0.25, 0.3) is 0 Å². The summed E-state index contributed by atoms with van der Waals surface area (Å²) >= 11 is 3.49. The fourth-order valence-corrected chi connectivity index (χ4v) is 2.66. The summed E-state index contributed by atoms with van der Waals surface area (Å²) in [6.45, 7) is 0. The minimum absolute atomic E-state index is 0.473. The van der Waals surface area contributed by atoms with E-state index in [0.717, 1.165) is 4.47 Å². The van der Waals surface area contributed by atoms with Gasteiger partial charge in [-0.3, -0.25) is 0 Å². The topological polar surface area (TPSA) is 21.3 Å². The molecular formula is C13H18BrNO. The van der Waals surface area contributed by atoms with Gasteiger partial charge in [0, 0.05) is 23.3 Å². The van der Waals surface area contributed by atoms with E-state index in [1.807, 2.05) is 13.2 Å². The highest BCUT2D eigenvalue weighted by molar-refractivity contribution is 9.10. The van der Waals surface area contributed by atoms with Gasteiger partial charge in [-0.2, -0.15) is 0 Å². The molecule has 0 spiro atoms. The molecule has 1 N–H and O–H groups in total. The molecule has 0 bridgehead atoms. The highest BCUT2D eigenvalue weighted by Crippen LogP contribution is 2.24. The summed E-state index contributed by atoms with van der Waals surface area (Å²) in [5.74, 6) is 0. The minimum Gasteiger partial charge on any atom is -0.382 e. The van der Waals surface area contributed by atoms with E-state index in [4.69, 9.17) is 4.74 Å². The molecule has 2 rings (SSSR count). The molecule has 1 saturated carbocycles. The van der Waals surface area contributed by atoms with Crippen molar-refractivity contribution in [1.82, 2.24) is 0 Å². The summed E-state index contributed by atoms with van der Waals surface area (Å²) in [5, 5.41) is 3.58. The van der Waals surface area contributed by atoms with Crippen LogP contribution >= 0.6 is 15.9 Å². The third-order valence-corrected chi connectivity index (χ3v) is 3.70. The first-order valence-electron chi connectivity index (χ1n) is 5.83. The second-order valence-electron chi connectivity index (χ2n) is 4.36. The van der Waals surface area contributed by atoms with Crippen molar-refractivity contribution in [3.63, 3.8) is 0 Å². The van der Waals surface area contributed by atoms with Crippen LogP contribution < -0.4 is 5.32 Å². The molecule has 16 heavy (non-hydrogen) atoms. The lowest BCUT2D eigenvalue weighted by atomic mass is 9.93. The van der Waals surface area contributed by atoms with Crippen LogP contribution in [0.4, 0.5) is 5.69 Å². The van der Waals surface area contributed by atoms with Gasteiger partial charge < -0.3 is 10.1 Å². The van der Waals surface area contributed by atoms with Gasteiger partial charge in [-0.05, 0) is 43.9 Å². The summed E-state index contributed by atoms with van der Waals surface area (Å²) in [4.78, 5) is 0. The largest absolute Gasteiger partial charge is 0.382 e. The van der Waals surface area contributed by atoms with Crippen molar-refractivity contribution in [2.45, 2.75) is 37.8 Å². The average molecular weight is 284 g/mol. The van der Waals surface area contributed by atoms with Gasteiger partial charge in [0.15, 0.2) is 0 Å². The molecule has 0 aromatic heterocycles. The standard InChI is InChI=1S/C13H18BrNO/c1-16-13-7-5-11(6-8-13)15-12-4-2-3-10(14)9-12/h2-4,9,11,13,15H,5-8H2,1H3. The SMILES string of the molecule is COC1CCC(Nc2cccc(Br)c2)CC1. The summed E-state index contributed by atoms with van der Waals surface area (Å²) in [6, 6.07) is 8.95. The van der Waals surface area contributed by atoms with E-state index in [-0.39, 0.29) is 0 Å². The van der Waals surface area contributed by atoms with Crippen molar-refractivity contribution in [3.8, 4) is 0 Å². The molecule has 3 heteroatoms. The lowest BCUT2D eigenvalue weighted by Crippen LogP contribution is -2.29. The first-order chi connectivity index (χ1) is 7.78. The number of anilines is 1. The molecule has 0 heterocycles. The molecule has 0 amide bonds. The van der Waals surface area contributed by atoms with Gasteiger partial charge >= 0.3 is 0 Å². The fourth-order valence-electron chi connectivity index (χ4n) is 2.26. The molecule has 2 nitrogen and oxygen atoms in total. The molecule has 0 radical (unpaired) electrons. The monoisotopic (exact) mass is 283 g/mol. The number of hydrogen-bond acceptors (Lipinski definition) is 2. The Kier molecular flexibility index (Phi) is 4.24. The Bertz CT molecular complexity index is 334. The highest BCUT2D eigenvalue weighted by Gasteiger charge is 2.20. The molecule has 1 aliphatic carbocycles. The lowest BCUT2D eigenvalue weighted by Gasteiger charge is -2.28. The highest BCUT2D eigenvalue weighted by atomic mass is 79.9. The van der Waals surface area contributed by atoms with Gasteiger partial charge in [-0.15, -0.1) is 0 Å². The molecular weight excluding hydrogens is 266 g/mol. The van der Waals surface area contributed by atoms with E-state index < -0.39 is 0 Å². The molecule has 1 aromatic rings. The second kappa shape index (κ2) is 5.69. The van der Waals surface area contributed by atoms with Crippen LogP contribution in [0.1, 0.15) is 25.7 Å². The number of hydrogen-bond donors (Lipinski definition) is 1. The first-order valence-corrected chi connectivity index (χ1v) is 6.62. The quantitative estimate of drug-likeness (QED) is 0.911. The molecule has 1 fully saturated rings. The number of nitrogens with one attached hydrogen (secondary N) is 1. The van der Waals surface area contributed by atoms with Crippen LogP contribution in [-0.2, 0) is 4.74 Å². The Morgan fingerprint density at radius 2 is 2.00 bits per heavy atom. The van der Waals surface area contributed by atoms with Crippen LogP contribution in [-0.4, -0.2) is 19.3 Å². The van der Waals surface area contributed by atoms with Crippen molar-refractivity contribution in [2.24, 2.45) is 0 Å². The Hall–Kier alpha value is -0.540. The van der Waals surface area contributed by atoms with E-state index in [2.05, 4.69) is 39.4 Å². The molecule has 0 aliphatic heterocycles. The van der Waals surface area contributed by atoms with Crippen molar-refractivity contribution < 1.29 is 4.74 Å². The number of benzene rings is 1. The van der Waals surface area contributed by atoms with Gasteiger partial charge in [0.05, 0.1) is 6.10 Å². The summed E-state index contributed by atoms with van der Waals surface area (Å²) in [7, 11) is 1.81. The molecule has 0 atom stereocenters. The molecule has 0 unspecified atom stereocenters. The Balaban J connectivity index is 1.87. The third kappa shape index (κ3) is 3.22. The first kappa shape index (κ1) is 11.9. The molecule has 0 saturated heterocycles. The zero-order chi connectivity index (χ0) is 11.4. The Labute approximate surface area is 106 Å². The second-order valence-corrected chi connectivity index (χ2v) is 5.28. The number of ether oxygens (including phenoxy) is 1. The van der Waals surface area contributed by atoms with Crippen molar-refractivity contribution in [1.29, 1.82) is 0 Å². The van der Waals surface area contributed by atoms with Crippen molar-refractivity contribution in [3.05, 3.63) is 28.7 Å². The van der Waals surface area contributed by atoms with E-state index in [0.29, 0.717) is 12.1 Å². The summed E-state index contributed by atoms with van der Waals surface area (Å²) in [6.07, 6.45) is 5.21. The zero-order valence-electron chi connectivity index (χ0n) is 9.58. The van der Waals surface area contributed by atoms with Crippen LogP contribution in [0.15, 0.2) is 28.7 Å². The van der Waals surface area contributed by atoms with E-state index in [9.17, 15) is 0 Å². The Morgan fingerprint density at radius 1 is 1.25 bits per heavy atom. The van der Waals surface area contributed by atoms with E-state index in [1.54, 1.807) is 0 Å². The maximum atomic E-state index is 5.37. The maximum Gasteiger partial charge on any atom is 0.0572 e. The van der Waals surface area contributed by atoms with Gasteiger partial charge in [-0.25, -0.2) is 0 Å².